The summed E-state index contributed by atoms with van der Waals surface area (Å²) < 4.78 is 7.21. The van der Waals surface area contributed by atoms with Gasteiger partial charge in [-0.1, -0.05) is 23.7 Å². The molecule has 0 saturated carbocycles. The second-order valence-electron chi connectivity index (χ2n) is 7.47. The average molecular weight is 412 g/mol. The van der Waals surface area contributed by atoms with Gasteiger partial charge in [-0.2, -0.15) is 0 Å². The third kappa shape index (κ3) is 3.98. The van der Waals surface area contributed by atoms with Gasteiger partial charge in [-0.15, -0.1) is 0 Å². The van der Waals surface area contributed by atoms with Crippen LogP contribution >= 0.6 is 11.6 Å². The SMILES string of the molecule is CC(C)OC(=O)Cn1c(C2CC(=O)N(c3ccc(Cl)cc3)C2)nc2ccccc21. The molecule has 1 aromatic heterocycles. The molecule has 1 atom stereocenters. The van der Waals surface area contributed by atoms with Gasteiger partial charge in [0.2, 0.25) is 5.91 Å². The minimum Gasteiger partial charge on any atom is -0.462 e. The molecule has 6 nitrogen and oxygen atoms in total. The van der Waals surface area contributed by atoms with E-state index < -0.39 is 0 Å². The lowest BCUT2D eigenvalue weighted by Crippen LogP contribution is -2.25. The molecule has 1 unspecified atom stereocenters. The predicted molar refractivity (Wildman–Crippen MR) is 112 cm³/mol. The predicted octanol–water partition coefficient (Wildman–Crippen LogP) is 4.16. The number of fused-ring (bicyclic) bond motifs is 1. The van der Waals surface area contributed by atoms with E-state index in [2.05, 4.69) is 0 Å². The van der Waals surface area contributed by atoms with Crippen LogP contribution in [0.2, 0.25) is 5.02 Å². The number of esters is 1. The number of rotatable bonds is 5. The summed E-state index contributed by atoms with van der Waals surface area (Å²) >= 11 is 5.97. The van der Waals surface area contributed by atoms with E-state index in [1.165, 1.54) is 0 Å². The van der Waals surface area contributed by atoms with Crippen molar-refractivity contribution in [1.82, 2.24) is 9.55 Å². The quantitative estimate of drug-likeness (QED) is 0.591. The standard InChI is InChI=1S/C22H22ClN3O3/c1-14(2)29-21(28)13-26-19-6-4-3-5-18(19)24-22(26)15-11-20(27)25(12-15)17-9-7-16(23)8-10-17/h3-10,14-15H,11-13H2,1-2H3. The van der Waals surface area contributed by atoms with Crippen LogP contribution in [0, 0.1) is 0 Å². The molecule has 1 aliphatic rings. The molecule has 2 aromatic carbocycles. The average Bonchev–Trinajstić information content (AvgIpc) is 3.23. The van der Waals surface area contributed by atoms with Gasteiger partial charge in [0.05, 0.1) is 17.1 Å². The number of amides is 1. The van der Waals surface area contributed by atoms with Crippen LogP contribution in [0.4, 0.5) is 5.69 Å². The molecule has 4 rings (SSSR count). The summed E-state index contributed by atoms with van der Waals surface area (Å²) in [6, 6.07) is 14.9. The van der Waals surface area contributed by atoms with E-state index >= 15 is 0 Å². The summed E-state index contributed by atoms with van der Waals surface area (Å²) in [7, 11) is 0. The fourth-order valence-corrected chi connectivity index (χ4v) is 3.88. The Morgan fingerprint density at radius 3 is 2.66 bits per heavy atom. The number of anilines is 1. The van der Waals surface area contributed by atoms with Gasteiger partial charge in [0, 0.05) is 29.6 Å². The van der Waals surface area contributed by atoms with Crippen molar-refractivity contribution >= 4 is 40.2 Å². The highest BCUT2D eigenvalue weighted by molar-refractivity contribution is 6.30. The molecule has 2 heterocycles. The Morgan fingerprint density at radius 1 is 1.21 bits per heavy atom. The monoisotopic (exact) mass is 411 g/mol. The molecule has 0 N–H and O–H groups in total. The number of halogens is 1. The Hall–Kier alpha value is -2.86. The minimum atomic E-state index is -0.316. The number of carbonyl (C=O) groups excluding carboxylic acids is 2. The molecular weight excluding hydrogens is 390 g/mol. The van der Waals surface area contributed by atoms with Crippen molar-refractivity contribution in [2.75, 3.05) is 11.4 Å². The first-order valence-corrected chi connectivity index (χ1v) is 10.0. The number of imidazole rings is 1. The van der Waals surface area contributed by atoms with Gasteiger partial charge in [-0.25, -0.2) is 4.98 Å². The third-order valence-corrected chi connectivity index (χ3v) is 5.22. The minimum absolute atomic E-state index is 0.0284. The highest BCUT2D eigenvalue weighted by Gasteiger charge is 2.35. The zero-order valence-electron chi connectivity index (χ0n) is 16.3. The van der Waals surface area contributed by atoms with Crippen LogP contribution in [-0.2, 0) is 20.9 Å². The number of aromatic nitrogens is 2. The molecule has 1 saturated heterocycles. The molecule has 150 valence electrons. The maximum absolute atomic E-state index is 12.7. The lowest BCUT2D eigenvalue weighted by atomic mass is 10.1. The van der Waals surface area contributed by atoms with Crippen LogP contribution in [0.15, 0.2) is 48.5 Å². The summed E-state index contributed by atoms with van der Waals surface area (Å²) in [5, 5.41) is 0.627. The Kier molecular flexibility index (Phi) is 5.28. The lowest BCUT2D eigenvalue weighted by molar-refractivity contribution is -0.148. The highest BCUT2D eigenvalue weighted by Crippen LogP contribution is 2.33. The maximum Gasteiger partial charge on any atom is 0.326 e. The second kappa shape index (κ2) is 7.87. The molecule has 1 amide bonds. The second-order valence-corrected chi connectivity index (χ2v) is 7.90. The van der Waals surface area contributed by atoms with Crippen molar-refractivity contribution in [2.24, 2.45) is 0 Å². The van der Waals surface area contributed by atoms with Crippen LogP contribution < -0.4 is 4.90 Å². The van der Waals surface area contributed by atoms with Crippen LogP contribution in [0.5, 0.6) is 0 Å². The summed E-state index contributed by atoms with van der Waals surface area (Å²) in [4.78, 5) is 31.6. The zero-order valence-corrected chi connectivity index (χ0v) is 17.1. The van der Waals surface area contributed by atoms with Gasteiger partial charge in [-0.3, -0.25) is 9.59 Å². The fourth-order valence-electron chi connectivity index (χ4n) is 3.75. The smallest absolute Gasteiger partial charge is 0.326 e. The third-order valence-electron chi connectivity index (χ3n) is 4.97. The fraction of sp³-hybridized carbons (Fsp3) is 0.318. The normalized spacial score (nSPS) is 16.8. The van der Waals surface area contributed by atoms with Gasteiger partial charge < -0.3 is 14.2 Å². The van der Waals surface area contributed by atoms with Crippen molar-refractivity contribution in [2.45, 2.75) is 38.8 Å². The topological polar surface area (TPSA) is 64.4 Å². The number of carbonyl (C=O) groups is 2. The van der Waals surface area contributed by atoms with E-state index in [0.29, 0.717) is 18.0 Å². The van der Waals surface area contributed by atoms with Crippen molar-refractivity contribution in [3.8, 4) is 0 Å². The van der Waals surface area contributed by atoms with E-state index in [9.17, 15) is 9.59 Å². The molecule has 1 aliphatic heterocycles. The summed E-state index contributed by atoms with van der Waals surface area (Å²) in [6.45, 7) is 4.22. The Balaban J connectivity index is 1.66. The lowest BCUT2D eigenvalue weighted by Gasteiger charge is -2.17. The van der Waals surface area contributed by atoms with E-state index in [0.717, 1.165) is 22.5 Å². The van der Waals surface area contributed by atoms with Crippen LogP contribution in [0.25, 0.3) is 11.0 Å². The van der Waals surface area contributed by atoms with Crippen molar-refractivity contribution < 1.29 is 14.3 Å². The van der Waals surface area contributed by atoms with E-state index in [1.807, 2.05) is 54.8 Å². The first-order chi connectivity index (χ1) is 13.9. The van der Waals surface area contributed by atoms with E-state index in [4.69, 9.17) is 21.3 Å². The molecule has 0 radical (unpaired) electrons. The molecule has 0 spiro atoms. The number of nitrogens with zero attached hydrogens (tertiary/aromatic N) is 3. The molecule has 1 fully saturated rings. The van der Waals surface area contributed by atoms with Gasteiger partial charge in [-0.05, 0) is 50.2 Å². The zero-order chi connectivity index (χ0) is 20.5. The van der Waals surface area contributed by atoms with Gasteiger partial charge in [0.25, 0.3) is 0 Å². The van der Waals surface area contributed by atoms with Crippen molar-refractivity contribution in [1.29, 1.82) is 0 Å². The first kappa shape index (κ1) is 19.5. The van der Waals surface area contributed by atoms with Crippen LogP contribution in [-0.4, -0.2) is 34.1 Å². The highest BCUT2D eigenvalue weighted by atomic mass is 35.5. The number of para-hydroxylation sites is 2. The molecule has 0 bridgehead atoms. The largest absolute Gasteiger partial charge is 0.462 e. The number of ether oxygens (including phenoxy) is 1. The van der Waals surface area contributed by atoms with Crippen molar-refractivity contribution in [3.05, 3.63) is 59.4 Å². The van der Waals surface area contributed by atoms with Gasteiger partial charge in [0.1, 0.15) is 12.4 Å². The van der Waals surface area contributed by atoms with Crippen molar-refractivity contribution in [3.63, 3.8) is 0 Å². The first-order valence-electron chi connectivity index (χ1n) is 9.63. The van der Waals surface area contributed by atoms with Gasteiger partial charge >= 0.3 is 5.97 Å². The maximum atomic E-state index is 12.7. The summed E-state index contributed by atoms with van der Waals surface area (Å²) in [6.07, 6.45) is 0.153. The summed E-state index contributed by atoms with van der Waals surface area (Å²) in [5.74, 6) is 0.332. The molecule has 0 aliphatic carbocycles. The number of benzene rings is 2. The molecule has 3 aromatic rings. The summed E-state index contributed by atoms with van der Waals surface area (Å²) in [5.41, 5.74) is 2.47. The van der Waals surface area contributed by atoms with Crippen LogP contribution in [0.1, 0.15) is 32.0 Å². The van der Waals surface area contributed by atoms with E-state index in [-0.39, 0.29) is 30.4 Å². The Morgan fingerprint density at radius 2 is 1.93 bits per heavy atom. The number of hydrogen-bond donors (Lipinski definition) is 0. The Labute approximate surface area is 174 Å². The van der Waals surface area contributed by atoms with E-state index in [1.54, 1.807) is 17.0 Å². The van der Waals surface area contributed by atoms with Gasteiger partial charge in [0.15, 0.2) is 0 Å². The number of hydrogen-bond acceptors (Lipinski definition) is 4. The molecule has 29 heavy (non-hydrogen) atoms. The van der Waals surface area contributed by atoms with Crippen LogP contribution in [0.3, 0.4) is 0 Å². The molecule has 7 heteroatoms. The Bertz CT molecular complexity index is 1060. The molecular formula is C22H22ClN3O3.